The third-order valence-corrected chi connectivity index (χ3v) is 4.56. The number of aliphatic carboxylic acids is 1. The van der Waals surface area contributed by atoms with Gasteiger partial charge in [0.25, 0.3) is 0 Å². The Hall–Kier alpha value is -1.49. The topological polar surface area (TPSA) is 63.3 Å². The molecule has 0 amide bonds. The minimum absolute atomic E-state index is 0. The first-order valence-corrected chi connectivity index (χ1v) is 6.84. The molecule has 20 heavy (non-hydrogen) atoms. The number of benzene rings is 2. The van der Waals surface area contributed by atoms with Gasteiger partial charge in [0.1, 0.15) is 6.04 Å². The average molecular weight is 308 g/mol. The molecule has 3 nitrogen and oxygen atoms in total. The van der Waals surface area contributed by atoms with Gasteiger partial charge in [0.15, 0.2) is 0 Å². The van der Waals surface area contributed by atoms with Crippen LogP contribution in [0.15, 0.2) is 58.3 Å². The van der Waals surface area contributed by atoms with Crippen molar-refractivity contribution in [3.8, 4) is 0 Å². The first-order chi connectivity index (χ1) is 9.18. The molecule has 2 aromatic carbocycles. The summed E-state index contributed by atoms with van der Waals surface area (Å²) in [4.78, 5) is 13.5. The van der Waals surface area contributed by atoms with E-state index in [2.05, 4.69) is 0 Å². The summed E-state index contributed by atoms with van der Waals surface area (Å²) >= 11 is 1.67. The lowest BCUT2D eigenvalue weighted by Gasteiger charge is -2.30. The van der Waals surface area contributed by atoms with E-state index < -0.39 is 12.0 Å². The zero-order valence-electron chi connectivity index (χ0n) is 10.5. The molecule has 5 heteroatoms. The van der Waals surface area contributed by atoms with Crippen molar-refractivity contribution < 1.29 is 9.90 Å². The first-order valence-electron chi connectivity index (χ1n) is 6.02. The van der Waals surface area contributed by atoms with Crippen LogP contribution in [0.3, 0.4) is 0 Å². The maximum Gasteiger partial charge on any atom is 0.321 e. The van der Waals surface area contributed by atoms with Crippen molar-refractivity contribution in [2.75, 3.05) is 0 Å². The Bertz CT molecular complexity index is 602. The summed E-state index contributed by atoms with van der Waals surface area (Å²) in [5.41, 5.74) is 7.91. The molecule has 0 fully saturated rings. The largest absolute Gasteiger partial charge is 0.480 e. The molecule has 3 rings (SSSR count). The highest BCUT2D eigenvalue weighted by Gasteiger charge is 2.33. The summed E-state index contributed by atoms with van der Waals surface area (Å²) in [6.45, 7) is 0. The van der Waals surface area contributed by atoms with E-state index >= 15 is 0 Å². The van der Waals surface area contributed by atoms with Crippen molar-refractivity contribution in [1.82, 2.24) is 0 Å². The third-order valence-electron chi connectivity index (χ3n) is 3.37. The summed E-state index contributed by atoms with van der Waals surface area (Å²) in [5.74, 6) is -1.26. The minimum atomic E-state index is -0.971. The number of carboxylic acid groups (broad SMARTS) is 1. The SMILES string of the molecule is Cl.NC(C(=O)O)C1c2ccccc2Sc2ccccc21. The average Bonchev–Trinajstić information content (AvgIpc) is 2.43. The first kappa shape index (κ1) is 14.9. The van der Waals surface area contributed by atoms with E-state index in [1.165, 1.54) is 0 Å². The summed E-state index contributed by atoms with van der Waals surface area (Å²) < 4.78 is 0. The standard InChI is InChI=1S/C15H13NO2S.ClH/c16-14(15(17)18)13-9-5-1-3-7-11(9)19-12-8-4-2-6-10(12)13;/h1-8,13-14H,16H2,(H,17,18);1H. The quantitative estimate of drug-likeness (QED) is 0.895. The van der Waals surface area contributed by atoms with Gasteiger partial charge in [-0.3, -0.25) is 4.79 Å². The van der Waals surface area contributed by atoms with Crippen molar-refractivity contribution in [2.24, 2.45) is 5.73 Å². The van der Waals surface area contributed by atoms with E-state index in [-0.39, 0.29) is 18.3 Å². The van der Waals surface area contributed by atoms with E-state index in [1.54, 1.807) is 11.8 Å². The summed E-state index contributed by atoms with van der Waals surface area (Å²) in [6, 6.07) is 14.8. The normalized spacial score (nSPS) is 14.7. The van der Waals surface area contributed by atoms with Crippen LogP contribution in [0.25, 0.3) is 0 Å². The van der Waals surface area contributed by atoms with E-state index in [4.69, 9.17) is 5.73 Å². The van der Waals surface area contributed by atoms with Gasteiger partial charge in [0, 0.05) is 15.7 Å². The van der Waals surface area contributed by atoms with Crippen molar-refractivity contribution in [3.05, 3.63) is 59.7 Å². The summed E-state index contributed by atoms with van der Waals surface area (Å²) in [5, 5.41) is 9.25. The molecule has 1 unspecified atom stereocenters. The van der Waals surface area contributed by atoms with Crippen molar-refractivity contribution in [1.29, 1.82) is 0 Å². The van der Waals surface area contributed by atoms with Crippen LogP contribution in [-0.2, 0) is 4.79 Å². The highest BCUT2D eigenvalue weighted by molar-refractivity contribution is 7.99. The van der Waals surface area contributed by atoms with Gasteiger partial charge < -0.3 is 10.8 Å². The molecule has 0 spiro atoms. The number of carbonyl (C=O) groups is 1. The number of carboxylic acids is 1. The van der Waals surface area contributed by atoms with Crippen molar-refractivity contribution in [2.45, 2.75) is 21.8 Å². The molecule has 0 radical (unpaired) electrons. The molecule has 1 aliphatic heterocycles. The smallest absolute Gasteiger partial charge is 0.321 e. The van der Waals surface area contributed by atoms with Crippen LogP contribution in [0.4, 0.5) is 0 Å². The number of fused-ring (bicyclic) bond motifs is 2. The highest BCUT2D eigenvalue weighted by Crippen LogP contribution is 2.46. The van der Waals surface area contributed by atoms with E-state index in [0.29, 0.717) is 0 Å². The predicted molar refractivity (Wildman–Crippen MR) is 81.7 cm³/mol. The number of hydrogen-bond donors (Lipinski definition) is 2. The fraction of sp³-hybridized carbons (Fsp3) is 0.133. The van der Waals surface area contributed by atoms with E-state index in [1.807, 2.05) is 48.5 Å². The van der Waals surface area contributed by atoms with Crippen LogP contribution in [-0.4, -0.2) is 17.1 Å². The Morgan fingerprint density at radius 3 is 1.95 bits per heavy atom. The molecule has 3 N–H and O–H groups in total. The zero-order chi connectivity index (χ0) is 13.4. The lowest BCUT2D eigenvalue weighted by Crippen LogP contribution is -2.38. The summed E-state index contributed by atoms with van der Waals surface area (Å²) in [7, 11) is 0. The van der Waals surface area contributed by atoms with E-state index in [9.17, 15) is 9.90 Å². The molecule has 2 aromatic rings. The van der Waals surface area contributed by atoms with Gasteiger partial charge in [-0.1, -0.05) is 48.2 Å². The maximum atomic E-state index is 11.3. The zero-order valence-corrected chi connectivity index (χ0v) is 12.2. The van der Waals surface area contributed by atoms with Crippen molar-refractivity contribution in [3.63, 3.8) is 0 Å². The van der Waals surface area contributed by atoms with Crippen LogP contribution >= 0.6 is 24.2 Å². The number of nitrogens with two attached hydrogens (primary N) is 1. The highest BCUT2D eigenvalue weighted by atomic mass is 35.5. The molecule has 0 bridgehead atoms. The Morgan fingerprint density at radius 1 is 1.05 bits per heavy atom. The van der Waals surface area contributed by atoms with Gasteiger partial charge >= 0.3 is 5.97 Å². The third kappa shape index (κ3) is 2.42. The molecule has 0 aromatic heterocycles. The second-order valence-corrected chi connectivity index (χ2v) is 5.60. The molecule has 1 heterocycles. The Kier molecular flexibility index (Phi) is 4.38. The predicted octanol–water partition coefficient (Wildman–Crippen LogP) is 3.12. The number of rotatable bonds is 2. The van der Waals surface area contributed by atoms with Gasteiger partial charge in [-0.15, -0.1) is 12.4 Å². The lowest BCUT2D eigenvalue weighted by molar-refractivity contribution is -0.138. The Labute approximate surface area is 127 Å². The van der Waals surface area contributed by atoms with Crippen LogP contribution in [0.2, 0.25) is 0 Å². The fourth-order valence-electron chi connectivity index (χ4n) is 2.48. The monoisotopic (exact) mass is 307 g/mol. The maximum absolute atomic E-state index is 11.3. The van der Waals surface area contributed by atoms with Crippen LogP contribution in [0.1, 0.15) is 17.0 Å². The molecule has 104 valence electrons. The lowest BCUT2D eigenvalue weighted by atomic mass is 9.85. The molecule has 1 aliphatic rings. The van der Waals surface area contributed by atoms with Gasteiger partial charge in [0.2, 0.25) is 0 Å². The number of halogens is 1. The molecular weight excluding hydrogens is 294 g/mol. The molecule has 0 saturated heterocycles. The molecule has 0 saturated carbocycles. The fourth-order valence-corrected chi connectivity index (χ4v) is 3.63. The van der Waals surface area contributed by atoms with Crippen LogP contribution in [0.5, 0.6) is 0 Å². The van der Waals surface area contributed by atoms with Gasteiger partial charge in [-0.25, -0.2) is 0 Å². The van der Waals surface area contributed by atoms with Gasteiger partial charge in [0.05, 0.1) is 0 Å². The van der Waals surface area contributed by atoms with Gasteiger partial charge in [-0.05, 0) is 23.3 Å². The Morgan fingerprint density at radius 2 is 1.50 bits per heavy atom. The van der Waals surface area contributed by atoms with Crippen LogP contribution in [0, 0.1) is 0 Å². The van der Waals surface area contributed by atoms with E-state index in [0.717, 1.165) is 20.9 Å². The second-order valence-electron chi connectivity index (χ2n) is 4.52. The van der Waals surface area contributed by atoms with Crippen LogP contribution < -0.4 is 5.73 Å². The minimum Gasteiger partial charge on any atom is -0.480 e. The number of hydrogen-bond acceptors (Lipinski definition) is 3. The second kappa shape index (κ2) is 5.87. The Balaban J connectivity index is 0.00000147. The van der Waals surface area contributed by atoms with Crippen molar-refractivity contribution >= 4 is 30.1 Å². The molecular formula is C15H14ClNO2S. The molecule has 0 aliphatic carbocycles. The van der Waals surface area contributed by atoms with Gasteiger partial charge in [-0.2, -0.15) is 0 Å². The molecule has 1 atom stereocenters. The summed E-state index contributed by atoms with van der Waals surface area (Å²) in [6.07, 6.45) is 0.